The lowest BCUT2D eigenvalue weighted by molar-refractivity contribution is -0.131. The van der Waals surface area contributed by atoms with Gasteiger partial charge in [0.2, 0.25) is 5.91 Å². The van der Waals surface area contributed by atoms with Crippen molar-refractivity contribution in [1.29, 1.82) is 0 Å². The predicted molar refractivity (Wildman–Crippen MR) is 108 cm³/mol. The third kappa shape index (κ3) is 4.50. The Balaban J connectivity index is 1.42. The molecule has 1 unspecified atom stereocenters. The van der Waals surface area contributed by atoms with Gasteiger partial charge in [-0.15, -0.1) is 10.2 Å². The molecule has 1 aromatic heterocycles. The third-order valence-corrected chi connectivity index (χ3v) is 6.14. The maximum Gasteiger partial charge on any atom is 0.225 e. The highest BCUT2D eigenvalue weighted by molar-refractivity contribution is 5.82. The Labute approximate surface area is 170 Å². The van der Waals surface area contributed by atoms with Crippen LogP contribution in [-0.4, -0.2) is 39.9 Å². The second kappa shape index (κ2) is 8.22. The van der Waals surface area contributed by atoms with Crippen molar-refractivity contribution in [2.45, 2.75) is 58.5 Å². The van der Waals surface area contributed by atoms with Crippen LogP contribution in [0.1, 0.15) is 45.4 Å². The van der Waals surface area contributed by atoms with Crippen molar-refractivity contribution in [2.24, 2.45) is 11.3 Å². The first kappa shape index (κ1) is 20.0. The van der Waals surface area contributed by atoms with E-state index in [1.54, 1.807) is 12.1 Å². The summed E-state index contributed by atoms with van der Waals surface area (Å²) in [7, 11) is 0. The van der Waals surface area contributed by atoms with E-state index in [1.165, 1.54) is 12.1 Å². The fourth-order valence-electron chi connectivity index (χ4n) is 4.40. The SMILES string of the molecule is CC(C)(CC1CCOCC1)C(=O)NC1CCc2nnc(-c3ccc(F)cc3)n2C1. The predicted octanol–water partition coefficient (Wildman–Crippen LogP) is 3.36. The van der Waals surface area contributed by atoms with Crippen LogP contribution in [0.4, 0.5) is 4.39 Å². The number of carbonyl (C=O) groups excluding carboxylic acids is 1. The molecule has 1 amide bonds. The van der Waals surface area contributed by atoms with Gasteiger partial charge in [0.05, 0.1) is 0 Å². The van der Waals surface area contributed by atoms with Crippen LogP contribution in [0.2, 0.25) is 0 Å². The van der Waals surface area contributed by atoms with E-state index < -0.39 is 5.41 Å². The Morgan fingerprint density at radius 1 is 1.21 bits per heavy atom. The standard InChI is InChI=1S/C22H29FN4O2/c1-22(2,13-15-9-11-29-12-10-15)21(28)24-18-7-8-19-25-26-20(27(19)14-18)16-3-5-17(23)6-4-16/h3-6,15,18H,7-14H2,1-2H3,(H,24,28). The average Bonchev–Trinajstić information content (AvgIpc) is 3.12. The van der Waals surface area contributed by atoms with Gasteiger partial charge in [0.15, 0.2) is 5.82 Å². The summed E-state index contributed by atoms with van der Waals surface area (Å²) < 4.78 is 20.7. The van der Waals surface area contributed by atoms with E-state index in [1.807, 2.05) is 18.4 Å². The van der Waals surface area contributed by atoms with E-state index in [-0.39, 0.29) is 17.8 Å². The number of nitrogens with one attached hydrogen (secondary N) is 1. The van der Waals surface area contributed by atoms with E-state index in [0.717, 1.165) is 62.5 Å². The highest BCUT2D eigenvalue weighted by Crippen LogP contribution is 2.32. The van der Waals surface area contributed by atoms with Crippen molar-refractivity contribution in [1.82, 2.24) is 20.1 Å². The maximum absolute atomic E-state index is 13.3. The highest BCUT2D eigenvalue weighted by atomic mass is 19.1. The van der Waals surface area contributed by atoms with Crippen LogP contribution in [-0.2, 0) is 22.5 Å². The van der Waals surface area contributed by atoms with Crippen LogP contribution in [0.3, 0.4) is 0 Å². The molecular weight excluding hydrogens is 371 g/mol. The number of fused-ring (bicyclic) bond motifs is 1. The molecule has 1 fully saturated rings. The molecule has 0 saturated carbocycles. The summed E-state index contributed by atoms with van der Waals surface area (Å²) in [5, 5.41) is 11.9. The molecule has 0 bridgehead atoms. The second-order valence-corrected chi connectivity index (χ2v) is 8.91. The van der Waals surface area contributed by atoms with E-state index in [2.05, 4.69) is 15.5 Å². The summed E-state index contributed by atoms with van der Waals surface area (Å²) in [6.07, 6.45) is 4.56. The summed E-state index contributed by atoms with van der Waals surface area (Å²) in [5.74, 6) is 2.01. The van der Waals surface area contributed by atoms with Gasteiger partial charge in [-0.2, -0.15) is 0 Å². The zero-order chi connectivity index (χ0) is 20.4. The summed E-state index contributed by atoms with van der Waals surface area (Å²) in [6, 6.07) is 6.33. The smallest absolute Gasteiger partial charge is 0.225 e. The lowest BCUT2D eigenvalue weighted by Gasteiger charge is -2.33. The Bertz CT molecular complexity index is 856. The summed E-state index contributed by atoms with van der Waals surface area (Å²) in [5.41, 5.74) is 0.423. The van der Waals surface area contributed by atoms with E-state index in [4.69, 9.17) is 4.74 Å². The number of rotatable bonds is 5. The molecule has 2 aromatic rings. The van der Waals surface area contributed by atoms with Crippen LogP contribution < -0.4 is 5.32 Å². The van der Waals surface area contributed by atoms with Crippen LogP contribution in [0.15, 0.2) is 24.3 Å². The zero-order valence-corrected chi connectivity index (χ0v) is 17.2. The molecule has 156 valence electrons. The number of aromatic nitrogens is 3. The number of hydrogen-bond acceptors (Lipinski definition) is 4. The molecule has 3 heterocycles. The molecule has 1 saturated heterocycles. The number of nitrogens with zero attached hydrogens (tertiary/aromatic N) is 3. The van der Waals surface area contributed by atoms with Crippen molar-refractivity contribution >= 4 is 5.91 Å². The van der Waals surface area contributed by atoms with Crippen molar-refractivity contribution in [3.05, 3.63) is 35.9 Å². The summed E-state index contributed by atoms with van der Waals surface area (Å²) in [4.78, 5) is 13.0. The Kier molecular flexibility index (Phi) is 5.67. The van der Waals surface area contributed by atoms with Crippen LogP contribution in [0.5, 0.6) is 0 Å². The van der Waals surface area contributed by atoms with Gasteiger partial charge in [-0.05, 0) is 55.9 Å². The minimum absolute atomic E-state index is 0.0409. The average molecular weight is 400 g/mol. The largest absolute Gasteiger partial charge is 0.381 e. The fourth-order valence-corrected chi connectivity index (χ4v) is 4.40. The molecular formula is C22H29FN4O2. The van der Waals surface area contributed by atoms with Gasteiger partial charge in [0, 0.05) is 43.2 Å². The lowest BCUT2D eigenvalue weighted by atomic mass is 9.79. The molecule has 1 atom stereocenters. The molecule has 2 aliphatic rings. The van der Waals surface area contributed by atoms with Crippen molar-refractivity contribution in [3.63, 3.8) is 0 Å². The Morgan fingerprint density at radius 3 is 2.66 bits per heavy atom. The number of ether oxygens (including phenoxy) is 1. The number of halogens is 1. The van der Waals surface area contributed by atoms with Gasteiger partial charge in [-0.1, -0.05) is 13.8 Å². The molecule has 0 aliphatic carbocycles. The topological polar surface area (TPSA) is 69.0 Å². The first-order valence-electron chi connectivity index (χ1n) is 10.5. The van der Waals surface area contributed by atoms with Gasteiger partial charge in [-0.3, -0.25) is 4.79 Å². The molecule has 7 heteroatoms. The van der Waals surface area contributed by atoms with E-state index in [0.29, 0.717) is 12.5 Å². The zero-order valence-electron chi connectivity index (χ0n) is 17.2. The number of hydrogen-bond donors (Lipinski definition) is 1. The van der Waals surface area contributed by atoms with Crippen molar-refractivity contribution < 1.29 is 13.9 Å². The van der Waals surface area contributed by atoms with Gasteiger partial charge in [-0.25, -0.2) is 4.39 Å². The number of carbonyl (C=O) groups is 1. The van der Waals surface area contributed by atoms with E-state index >= 15 is 0 Å². The molecule has 4 rings (SSSR count). The van der Waals surface area contributed by atoms with Crippen LogP contribution in [0.25, 0.3) is 11.4 Å². The third-order valence-electron chi connectivity index (χ3n) is 6.14. The molecule has 6 nitrogen and oxygen atoms in total. The minimum Gasteiger partial charge on any atom is -0.381 e. The maximum atomic E-state index is 13.3. The normalized spacial score (nSPS) is 20.3. The monoisotopic (exact) mass is 400 g/mol. The molecule has 1 N–H and O–H groups in total. The first-order valence-corrected chi connectivity index (χ1v) is 10.5. The molecule has 2 aliphatic heterocycles. The highest BCUT2D eigenvalue weighted by Gasteiger charge is 2.34. The van der Waals surface area contributed by atoms with Gasteiger partial charge >= 0.3 is 0 Å². The number of amides is 1. The van der Waals surface area contributed by atoms with Crippen LogP contribution in [0, 0.1) is 17.2 Å². The van der Waals surface area contributed by atoms with Crippen molar-refractivity contribution in [2.75, 3.05) is 13.2 Å². The fraction of sp³-hybridized carbons (Fsp3) is 0.591. The molecule has 1 aromatic carbocycles. The van der Waals surface area contributed by atoms with Gasteiger partial charge in [0.25, 0.3) is 0 Å². The first-order chi connectivity index (χ1) is 13.9. The Morgan fingerprint density at radius 2 is 1.93 bits per heavy atom. The second-order valence-electron chi connectivity index (χ2n) is 8.91. The van der Waals surface area contributed by atoms with Gasteiger partial charge in [0.1, 0.15) is 11.6 Å². The van der Waals surface area contributed by atoms with Gasteiger partial charge < -0.3 is 14.6 Å². The van der Waals surface area contributed by atoms with Crippen LogP contribution >= 0.6 is 0 Å². The summed E-state index contributed by atoms with van der Waals surface area (Å²) in [6.45, 7) is 6.30. The van der Waals surface area contributed by atoms with Crippen molar-refractivity contribution in [3.8, 4) is 11.4 Å². The number of benzene rings is 1. The van der Waals surface area contributed by atoms with E-state index in [9.17, 15) is 9.18 Å². The quantitative estimate of drug-likeness (QED) is 0.836. The Hall–Kier alpha value is -2.28. The minimum atomic E-state index is -0.407. The molecule has 0 radical (unpaired) electrons. The number of aryl methyl sites for hydroxylation is 1. The lowest BCUT2D eigenvalue weighted by Crippen LogP contribution is -2.47. The summed E-state index contributed by atoms with van der Waals surface area (Å²) >= 11 is 0. The molecule has 29 heavy (non-hydrogen) atoms. The molecule has 0 spiro atoms.